The van der Waals surface area contributed by atoms with E-state index in [1.165, 1.54) is 0 Å². The summed E-state index contributed by atoms with van der Waals surface area (Å²) in [5, 5.41) is 3.28. The molecule has 1 aromatic heterocycles. The van der Waals surface area contributed by atoms with E-state index in [9.17, 15) is 4.79 Å². The lowest BCUT2D eigenvalue weighted by atomic mass is 10.2. The van der Waals surface area contributed by atoms with Crippen molar-refractivity contribution in [3.05, 3.63) is 41.9 Å². The molecule has 0 unspecified atom stereocenters. The summed E-state index contributed by atoms with van der Waals surface area (Å²) in [5.74, 6) is 2.62. The van der Waals surface area contributed by atoms with E-state index in [1.807, 2.05) is 30.0 Å². The van der Waals surface area contributed by atoms with Gasteiger partial charge in [-0.05, 0) is 25.0 Å². The van der Waals surface area contributed by atoms with Crippen LogP contribution in [0, 0.1) is 12.8 Å². The van der Waals surface area contributed by atoms with E-state index in [-0.39, 0.29) is 5.91 Å². The van der Waals surface area contributed by atoms with E-state index in [2.05, 4.69) is 40.1 Å². The molecule has 28 heavy (non-hydrogen) atoms. The maximum atomic E-state index is 13.0. The third-order valence-corrected chi connectivity index (χ3v) is 4.74. The molecule has 0 bridgehead atoms. The smallest absolute Gasteiger partial charge is 0.272 e. The Hall–Kier alpha value is -2.83. The van der Waals surface area contributed by atoms with Crippen LogP contribution in [0.3, 0.4) is 0 Å². The summed E-state index contributed by atoms with van der Waals surface area (Å²) >= 11 is 0. The number of benzene rings is 1. The van der Waals surface area contributed by atoms with E-state index >= 15 is 0 Å². The largest absolute Gasteiger partial charge is 0.495 e. The quantitative estimate of drug-likeness (QED) is 0.827. The van der Waals surface area contributed by atoms with E-state index in [0.29, 0.717) is 36.3 Å². The number of hydrogen-bond acceptors (Lipinski definition) is 6. The summed E-state index contributed by atoms with van der Waals surface area (Å²) in [4.78, 5) is 25.8. The first-order chi connectivity index (χ1) is 13.5. The molecule has 1 aliphatic rings. The Morgan fingerprint density at radius 3 is 2.57 bits per heavy atom. The Kier molecular flexibility index (Phi) is 6.34. The number of carbonyl (C=O) groups is 1. The minimum absolute atomic E-state index is 0.0437. The van der Waals surface area contributed by atoms with Gasteiger partial charge in [-0.1, -0.05) is 26.0 Å². The first-order valence-electron chi connectivity index (χ1n) is 9.74. The fourth-order valence-corrected chi connectivity index (χ4v) is 3.28. The number of nitrogens with zero attached hydrogens (tertiary/aromatic N) is 4. The molecular weight excluding hydrogens is 354 g/mol. The summed E-state index contributed by atoms with van der Waals surface area (Å²) in [7, 11) is 1.68. The highest BCUT2D eigenvalue weighted by atomic mass is 16.5. The lowest BCUT2D eigenvalue weighted by Crippen LogP contribution is -2.49. The minimum Gasteiger partial charge on any atom is -0.495 e. The molecule has 1 fully saturated rings. The number of carbonyl (C=O) groups excluding carboxylic acids is 1. The van der Waals surface area contributed by atoms with Crippen LogP contribution in [0.2, 0.25) is 0 Å². The van der Waals surface area contributed by atoms with Crippen molar-refractivity contribution in [2.75, 3.05) is 50.1 Å². The van der Waals surface area contributed by atoms with E-state index < -0.39 is 0 Å². The van der Waals surface area contributed by atoms with Gasteiger partial charge in [-0.15, -0.1) is 0 Å². The number of anilines is 2. The first-order valence-corrected chi connectivity index (χ1v) is 9.74. The summed E-state index contributed by atoms with van der Waals surface area (Å²) in [5.41, 5.74) is 1.51. The number of hydrogen-bond donors (Lipinski definition) is 1. The Balaban J connectivity index is 1.66. The molecular formula is C21H29N5O2. The zero-order chi connectivity index (χ0) is 20.1. The number of piperazine rings is 1. The monoisotopic (exact) mass is 383 g/mol. The van der Waals surface area contributed by atoms with E-state index in [0.717, 1.165) is 31.1 Å². The molecule has 0 spiro atoms. The predicted molar refractivity (Wildman–Crippen MR) is 111 cm³/mol. The van der Waals surface area contributed by atoms with Crippen LogP contribution >= 0.6 is 0 Å². The maximum Gasteiger partial charge on any atom is 0.272 e. The molecule has 1 amide bonds. The SMILES string of the molecule is COc1ccccc1N1CCN(C(=O)c2cc(NCC(C)C)nc(C)n2)CC1. The second-order valence-electron chi connectivity index (χ2n) is 7.41. The van der Waals surface area contributed by atoms with Gasteiger partial charge in [0.25, 0.3) is 5.91 Å². The number of aromatic nitrogens is 2. The van der Waals surface area contributed by atoms with Crippen molar-refractivity contribution in [3.63, 3.8) is 0 Å². The van der Waals surface area contributed by atoms with Gasteiger partial charge in [0, 0.05) is 38.8 Å². The van der Waals surface area contributed by atoms with Crippen LogP contribution < -0.4 is 15.0 Å². The van der Waals surface area contributed by atoms with Gasteiger partial charge in [-0.2, -0.15) is 0 Å². The number of aryl methyl sites for hydroxylation is 1. The number of amides is 1. The predicted octanol–water partition coefficient (Wildman–Crippen LogP) is 2.82. The van der Waals surface area contributed by atoms with Crippen molar-refractivity contribution in [3.8, 4) is 5.75 Å². The van der Waals surface area contributed by atoms with E-state index in [1.54, 1.807) is 13.2 Å². The molecule has 7 heteroatoms. The lowest BCUT2D eigenvalue weighted by molar-refractivity contribution is 0.0740. The van der Waals surface area contributed by atoms with Gasteiger partial charge in [0.15, 0.2) is 0 Å². The molecule has 2 heterocycles. The molecule has 1 aliphatic heterocycles. The van der Waals surface area contributed by atoms with Gasteiger partial charge in [0.1, 0.15) is 23.1 Å². The summed E-state index contributed by atoms with van der Waals surface area (Å²) in [6, 6.07) is 9.73. The third kappa shape index (κ3) is 4.71. The number of methoxy groups -OCH3 is 1. The number of rotatable bonds is 6. The summed E-state index contributed by atoms with van der Waals surface area (Å²) < 4.78 is 5.46. The van der Waals surface area contributed by atoms with Crippen molar-refractivity contribution in [1.82, 2.24) is 14.9 Å². The molecule has 1 N–H and O–H groups in total. The normalized spacial score (nSPS) is 14.3. The third-order valence-electron chi connectivity index (χ3n) is 4.74. The van der Waals surface area contributed by atoms with Gasteiger partial charge < -0.3 is 19.9 Å². The molecule has 0 aliphatic carbocycles. The molecule has 1 aromatic carbocycles. The average Bonchev–Trinajstić information content (AvgIpc) is 2.71. The van der Waals surface area contributed by atoms with Crippen LogP contribution in [0.15, 0.2) is 30.3 Å². The molecule has 150 valence electrons. The van der Waals surface area contributed by atoms with E-state index in [4.69, 9.17) is 4.74 Å². The topological polar surface area (TPSA) is 70.6 Å². The molecule has 7 nitrogen and oxygen atoms in total. The van der Waals surface area contributed by atoms with Gasteiger partial charge in [-0.3, -0.25) is 4.79 Å². The van der Waals surface area contributed by atoms with Crippen molar-refractivity contribution in [2.45, 2.75) is 20.8 Å². The Bertz CT molecular complexity index is 816. The summed E-state index contributed by atoms with van der Waals surface area (Å²) in [6.45, 7) is 9.70. The fourth-order valence-electron chi connectivity index (χ4n) is 3.28. The Labute approximate surface area is 166 Å². The van der Waals surface area contributed by atoms with Crippen molar-refractivity contribution >= 4 is 17.4 Å². The second-order valence-corrected chi connectivity index (χ2v) is 7.41. The van der Waals surface area contributed by atoms with Gasteiger partial charge in [0.05, 0.1) is 12.8 Å². The van der Waals surface area contributed by atoms with Crippen LogP contribution in [0.25, 0.3) is 0 Å². The van der Waals surface area contributed by atoms with Crippen LogP contribution in [-0.2, 0) is 0 Å². The molecule has 1 saturated heterocycles. The second kappa shape index (κ2) is 8.91. The molecule has 2 aromatic rings. The van der Waals surface area contributed by atoms with Gasteiger partial charge in [0.2, 0.25) is 0 Å². The minimum atomic E-state index is -0.0437. The van der Waals surface area contributed by atoms with Crippen LogP contribution in [0.4, 0.5) is 11.5 Å². The lowest BCUT2D eigenvalue weighted by Gasteiger charge is -2.36. The van der Waals surface area contributed by atoms with Crippen LogP contribution in [0.5, 0.6) is 5.75 Å². The highest BCUT2D eigenvalue weighted by Gasteiger charge is 2.25. The number of nitrogens with one attached hydrogen (secondary N) is 1. The molecule has 0 saturated carbocycles. The van der Waals surface area contributed by atoms with Gasteiger partial charge in [-0.25, -0.2) is 9.97 Å². The van der Waals surface area contributed by atoms with Gasteiger partial charge >= 0.3 is 0 Å². The zero-order valence-corrected chi connectivity index (χ0v) is 17.1. The first kappa shape index (κ1) is 19.9. The number of para-hydroxylation sites is 2. The van der Waals surface area contributed by atoms with Crippen molar-refractivity contribution in [1.29, 1.82) is 0 Å². The van der Waals surface area contributed by atoms with Crippen LogP contribution in [0.1, 0.15) is 30.2 Å². The van der Waals surface area contributed by atoms with Crippen molar-refractivity contribution in [2.24, 2.45) is 5.92 Å². The average molecular weight is 383 g/mol. The molecule has 0 atom stereocenters. The van der Waals surface area contributed by atoms with Crippen molar-refractivity contribution < 1.29 is 9.53 Å². The molecule has 0 radical (unpaired) electrons. The summed E-state index contributed by atoms with van der Waals surface area (Å²) in [6.07, 6.45) is 0. The zero-order valence-electron chi connectivity index (χ0n) is 17.1. The maximum absolute atomic E-state index is 13.0. The Morgan fingerprint density at radius 1 is 1.18 bits per heavy atom. The number of ether oxygens (including phenoxy) is 1. The fraction of sp³-hybridized carbons (Fsp3) is 0.476. The highest BCUT2D eigenvalue weighted by Crippen LogP contribution is 2.28. The Morgan fingerprint density at radius 2 is 1.89 bits per heavy atom. The standard InChI is InChI=1S/C21H29N5O2/c1-15(2)14-22-20-13-17(23-16(3)24-20)21(27)26-11-9-25(10-12-26)18-7-5-6-8-19(18)28-4/h5-8,13,15H,9-12,14H2,1-4H3,(H,22,23,24). The van der Waals surface area contributed by atoms with Crippen LogP contribution in [-0.4, -0.2) is 60.6 Å². The highest BCUT2D eigenvalue weighted by molar-refractivity contribution is 5.93. The molecule has 3 rings (SSSR count).